The molecular weight excluding hydrogens is 238 g/mol. The van der Waals surface area contributed by atoms with Gasteiger partial charge >= 0.3 is 0 Å². The Labute approximate surface area is 111 Å². The summed E-state index contributed by atoms with van der Waals surface area (Å²) in [4.78, 5) is 16.2. The van der Waals surface area contributed by atoms with Crippen molar-refractivity contribution in [2.24, 2.45) is 10.7 Å². The van der Waals surface area contributed by atoms with Crippen molar-refractivity contribution < 1.29 is 4.79 Å². The number of benzene rings is 2. The van der Waals surface area contributed by atoms with Gasteiger partial charge < -0.3 is 11.1 Å². The van der Waals surface area contributed by atoms with Crippen LogP contribution in [0, 0.1) is 0 Å². The molecule has 0 bridgehead atoms. The molecule has 1 aliphatic heterocycles. The fourth-order valence-electron chi connectivity index (χ4n) is 2.16. The topological polar surface area (TPSA) is 67.5 Å². The molecule has 1 amide bonds. The zero-order valence-electron chi connectivity index (χ0n) is 10.2. The highest BCUT2D eigenvalue weighted by Gasteiger charge is 2.27. The van der Waals surface area contributed by atoms with Crippen LogP contribution in [0.2, 0.25) is 0 Å². The van der Waals surface area contributed by atoms with Gasteiger partial charge in [-0.2, -0.15) is 0 Å². The van der Waals surface area contributed by atoms with Crippen molar-refractivity contribution >= 4 is 23.0 Å². The van der Waals surface area contributed by atoms with Crippen molar-refractivity contribution in [1.29, 1.82) is 0 Å². The third kappa shape index (κ3) is 2.08. The molecule has 1 aliphatic rings. The summed E-state index contributed by atoms with van der Waals surface area (Å²) in [6, 6.07) is 16.6. The van der Waals surface area contributed by atoms with E-state index >= 15 is 0 Å². The fraction of sp³-hybridized carbons (Fsp3) is 0.0667. The molecule has 0 fully saturated rings. The molecule has 0 aliphatic carbocycles. The maximum Gasteiger partial charge on any atom is 0.246 e. The van der Waals surface area contributed by atoms with E-state index in [1.165, 1.54) is 0 Å². The zero-order chi connectivity index (χ0) is 13.2. The van der Waals surface area contributed by atoms with Crippen LogP contribution in [0.5, 0.6) is 0 Å². The van der Waals surface area contributed by atoms with E-state index < -0.39 is 11.9 Å². The van der Waals surface area contributed by atoms with Crippen LogP contribution in [0.1, 0.15) is 5.56 Å². The van der Waals surface area contributed by atoms with E-state index in [0.29, 0.717) is 5.71 Å². The van der Waals surface area contributed by atoms with Gasteiger partial charge in [-0.25, -0.2) is 4.99 Å². The molecule has 0 saturated carbocycles. The second-order valence-corrected chi connectivity index (χ2v) is 4.36. The molecule has 3 rings (SSSR count). The van der Waals surface area contributed by atoms with Gasteiger partial charge in [-0.3, -0.25) is 4.79 Å². The maximum atomic E-state index is 11.6. The van der Waals surface area contributed by atoms with E-state index in [1.54, 1.807) is 0 Å². The Morgan fingerprint density at radius 3 is 2.47 bits per heavy atom. The molecule has 0 saturated heterocycles. The maximum absolute atomic E-state index is 11.6. The summed E-state index contributed by atoms with van der Waals surface area (Å²) in [5.41, 5.74) is 8.67. The molecule has 1 heterocycles. The van der Waals surface area contributed by atoms with Gasteiger partial charge in [0.2, 0.25) is 5.91 Å². The first-order chi connectivity index (χ1) is 9.25. The highest BCUT2D eigenvalue weighted by atomic mass is 16.1. The van der Waals surface area contributed by atoms with Crippen molar-refractivity contribution in [3.63, 3.8) is 0 Å². The molecule has 1 atom stereocenters. The number of carbonyl (C=O) groups is 1. The predicted molar refractivity (Wildman–Crippen MR) is 75.7 cm³/mol. The second kappa shape index (κ2) is 4.57. The molecular formula is C15H13N3O. The first kappa shape index (κ1) is 11.5. The molecule has 0 radical (unpaired) electrons. The van der Waals surface area contributed by atoms with Gasteiger partial charge in [0, 0.05) is 0 Å². The third-order valence-electron chi connectivity index (χ3n) is 3.07. The summed E-state index contributed by atoms with van der Waals surface area (Å²) in [5, 5.41) is 3.14. The minimum absolute atomic E-state index is 0.433. The number of hydrogen-bond acceptors (Lipinski definition) is 3. The molecule has 4 nitrogen and oxygen atoms in total. The SMILES string of the molecule is NC(=O)C1Nc2ccccc2N=C1c1ccccc1. The number of nitrogens with two attached hydrogens (primary N) is 1. The van der Waals surface area contributed by atoms with Crippen LogP contribution < -0.4 is 11.1 Å². The number of carbonyl (C=O) groups excluding carboxylic acids is 1. The number of para-hydroxylation sites is 2. The first-order valence-corrected chi connectivity index (χ1v) is 6.04. The minimum Gasteiger partial charge on any atom is -0.368 e. The number of hydrogen-bond donors (Lipinski definition) is 2. The number of amides is 1. The van der Waals surface area contributed by atoms with Gasteiger partial charge in [-0.15, -0.1) is 0 Å². The monoisotopic (exact) mass is 251 g/mol. The molecule has 3 N–H and O–H groups in total. The third-order valence-corrected chi connectivity index (χ3v) is 3.07. The van der Waals surface area contributed by atoms with E-state index in [9.17, 15) is 4.79 Å². The lowest BCUT2D eigenvalue weighted by molar-refractivity contribution is -0.117. The summed E-state index contributed by atoms with van der Waals surface area (Å²) in [6.45, 7) is 0. The molecule has 4 heteroatoms. The van der Waals surface area contributed by atoms with Gasteiger partial charge in [0.25, 0.3) is 0 Å². The van der Waals surface area contributed by atoms with Crippen LogP contribution in [-0.4, -0.2) is 17.7 Å². The molecule has 2 aromatic carbocycles. The van der Waals surface area contributed by atoms with E-state index in [2.05, 4.69) is 10.3 Å². The van der Waals surface area contributed by atoms with Crippen molar-refractivity contribution in [1.82, 2.24) is 0 Å². The van der Waals surface area contributed by atoms with Crippen LogP contribution in [0.15, 0.2) is 59.6 Å². The van der Waals surface area contributed by atoms with Gasteiger partial charge in [-0.1, -0.05) is 42.5 Å². The van der Waals surface area contributed by atoms with E-state index in [4.69, 9.17) is 5.73 Å². The highest BCUT2D eigenvalue weighted by molar-refractivity contribution is 6.20. The Kier molecular flexibility index (Phi) is 2.76. The van der Waals surface area contributed by atoms with Crippen LogP contribution in [0.4, 0.5) is 11.4 Å². The van der Waals surface area contributed by atoms with Crippen LogP contribution in [0.3, 0.4) is 0 Å². The Bertz CT molecular complexity index is 649. The van der Waals surface area contributed by atoms with E-state index in [-0.39, 0.29) is 0 Å². The Morgan fingerprint density at radius 2 is 1.74 bits per heavy atom. The predicted octanol–water partition coefficient (Wildman–Crippen LogP) is 2.09. The number of anilines is 1. The standard InChI is InChI=1S/C15H13N3O/c16-15(19)14-13(10-6-2-1-3-7-10)17-11-8-4-5-9-12(11)18-14/h1-9,14,18H,(H2,16,19). The van der Waals surface area contributed by atoms with E-state index in [0.717, 1.165) is 16.9 Å². The van der Waals surface area contributed by atoms with Gasteiger partial charge in [0.05, 0.1) is 17.1 Å². The summed E-state index contributed by atoms with van der Waals surface area (Å²) in [5.74, 6) is -0.433. The molecule has 94 valence electrons. The van der Waals surface area contributed by atoms with Gasteiger partial charge in [-0.05, 0) is 17.7 Å². The highest BCUT2D eigenvalue weighted by Crippen LogP contribution is 2.30. The summed E-state index contributed by atoms with van der Waals surface area (Å²) >= 11 is 0. The Hall–Kier alpha value is -2.62. The number of fused-ring (bicyclic) bond motifs is 1. The largest absolute Gasteiger partial charge is 0.368 e. The van der Waals surface area contributed by atoms with Crippen molar-refractivity contribution in [3.8, 4) is 0 Å². The average Bonchev–Trinajstić information content (AvgIpc) is 2.46. The lowest BCUT2D eigenvalue weighted by atomic mass is 10.00. The van der Waals surface area contributed by atoms with Crippen LogP contribution in [0.25, 0.3) is 0 Å². The van der Waals surface area contributed by atoms with Crippen molar-refractivity contribution in [3.05, 3.63) is 60.2 Å². The number of nitrogens with zero attached hydrogens (tertiary/aromatic N) is 1. The average molecular weight is 251 g/mol. The fourth-order valence-corrected chi connectivity index (χ4v) is 2.16. The van der Waals surface area contributed by atoms with Gasteiger partial charge in [0.1, 0.15) is 6.04 Å². The van der Waals surface area contributed by atoms with Crippen LogP contribution in [-0.2, 0) is 4.79 Å². The first-order valence-electron chi connectivity index (χ1n) is 6.04. The smallest absolute Gasteiger partial charge is 0.246 e. The van der Waals surface area contributed by atoms with Crippen molar-refractivity contribution in [2.45, 2.75) is 6.04 Å². The lowest BCUT2D eigenvalue weighted by Crippen LogP contribution is -2.43. The summed E-state index contributed by atoms with van der Waals surface area (Å²) in [6.07, 6.45) is 0. The molecule has 0 spiro atoms. The number of rotatable bonds is 2. The quantitative estimate of drug-likeness (QED) is 0.858. The summed E-state index contributed by atoms with van der Waals surface area (Å²) in [7, 11) is 0. The second-order valence-electron chi connectivity index (χ2n) is 4.36. The van der Waals surface area contributed by atoms with Crippen LogP contribution >= 0.6 is 0 Å². The number of aliphatic imine (C=N–C) groups is 1. The Morgan fingerprint density at radius 1 is 1.05 bits per heavy atom. The molecule has 2 aromatic rings. The van der Waals surface area contributed by atoms with Gasteiger partial charge in [0.15, 0.2) is 0 Å². The number of primary amides is 1. The molecule has 19 heavy (non-hydrogen) atoms. The Balaban J connectivity index is 2.13. The molecule has 1 unspecified atom stereocenters. The normalized spacial score (nSPS) is 17.1. The van der Waals surface area contributed by atoms with Crippen molar-refractivity contribution in [2.75, 3.05) is 5.32 Å². The zero-order valence-corrected chi connectivity index (χ0v) is 10.2. The number of nitrogens with one attached hydrogen (secondary N) is 1. The molecule has 0 aromatic heterocycles. The lowest BCUT2D eigenvalue weighted by Gasteiger charge is -2.25. The summed E-state index contributed by atoms with van der Waals surface area (Å²) < 4.78 is 0. The van der Waals surface area contributed by atoms with E-state index in [1.807, 2.05) is 54.6 Å². The minimum atomic E-state index is -0.600.